The van der Waals surface area contributed by atoms with E-state index in [9.17, 15) is 4.79 Å². The third kappa shape index (κ3) is 5.35. The number of benzene rings is 2. The standard InChI is InChI=1S/C25H32N2O3/c1-4-5-6-9-12-26-25(28)16-22(18-13-19(29-2)15-20(14-18)30-3)23-17-27-24-11-8-7-10-21(23)24/h7-8,10-11,13-15,17,22,27H,4-6,9,12,16H2,1-3H3,(H,26,28). The van der Waals surface area contributed by atoms with Crippen LogP contribution in [0.2, 0.25) is 0 Å². The molecule has 0 bridgehead atoms. The lowest BCUT2D eigenvalue weighted by Gasteiger charge is -2.19. The lowest BCUT2D eigenvalue weighted by molar-refractivity contribution is -0.121. The third-order valence-corrected chi connectivity index (χ3v) is 5.51. The maximum Gasteiger partial charge on any atom is 0.220 e. The van der Waals surface area contributed by atoms with Crippen LogP contribution >= 0.6 is 0 Å². The summed E-state index contributed by atoms with van der Waals surface area (Å²) in [6, 6.07) is 14.0. The molecule has 0 aliphatic carbocycles. The van der Waals surface area contributed by atoms with Gasteiger partial charge < -0.3 is 19.8 Å². The van der Waals surface area contributed by atoms with Gasteiger partial charge in [-0.25, -0.2) is 0 Å². The van der Waals surface area contributed by atoms with Gasteiger partial charge in [-0.2, -0.15) is 0 Å². The van der Waals surface area contributed by atoms with Crippen LogP contribution in [0.3, 0.4) is 0 Å². The van der Waals surface area contributed by atoms with Gasteiger partial charge >= 0.3 is 0 Å². The highest BCUT2D eigenvalue weighted by atomic mass is 16.5. The summed E-state index contributed by atoms with van der Waals surface area (Å²) in [6.07, 6.45) is 6.94. The number of para-hydroxylation sites is 1. The van der Waals surface area contributed by atoms with E-state index in [4.69, 9.17) is 9.47 Å². The Hall–Kier alpha value is -2.95. The number of methoxy groups -OCH3 is 2. The number of hydrogen-bond donors (Lipinski definition) is 2. The summed E-state index contributed by atoms with van der Waals surface area (Å²) in [7, 11) is 3.28. The molecule has 160 valence electrons. The second kappa shape index (κ2) is 10.7. The van der Waals surface area contributed by atoms with Crippen LogP contribution in [0.5, 0.6) is 11.5 Å². The van der Waals surface area contributed by atoms with Gasteiger partial charge in [0.1, 0.15) is 11.5 Å². The molecule has 5 heteroatoms. The molecule has 2 aromatic carbocycles. The Morgan fingerprint density at radius 1 is 1.03 bits per heavy atom. The molecule has 0 spiro atoms. The van der Waals surface area contributed by atoms with E-state index in [1.807, 2.05) is 36.5 Å². The number of unbranched alkanes of at least 4 members (excludes halogenated alkanes) is 3. The van der Waals surface area contributed by atoms with E-state index in [1.54, 1.807) is 14.2 Å². The number of carbonyl (C=O) groups is 1. The molecule has 0 radical (unpaired) electrons. The molecule has 1 amide bonds. The van der Waals surface area contributed by atoms with Crippen molar-refractivity contribution < 1.29 is 14.3 Å². The van der Waals surface area contributed by atoms with Crippen molar-refractivity contribution in [2.24, 2.45) is 0 Å². The minimum absolute atomic E-state index is 0.0589. The van der Waals surface area contributed by atoms with Crippen LogP contribution < -0.4 is 14.8 Å². The normalized spacial score (nSPS) is 12.0. The van der Waals surface area contributed by atoms with E-state index in [2.05, 4.69) is 29.4 Å². The van der Waals surface area contributed by atoms with E-state index in [1.165, 1.54) is 12.8 Å². The van der Waals surface area contributed by atoms with E-state index in [-0.39, 0.29) is 11.8 Å². The first-order valence-electron chi connectivity index (χ1n) is 10.7. The number of ether oxygens (including phenoxy) is 2. The molecule has 0 fully saturated rings. The molecule has 1 heterocycles. The molecule has 3 aromatic rings. The molecular formula is C25H32N2O3. The predicted molar refractivity (Wildman–Crippen MR) is 121 cm³/mol. The van der Waals surface area contributed by atoms with Gasteiger partial charge in [0.2, 0.25) is 5.91 Å². The molecule has 1 unspecified atom stereocenters. The smallest absolute Gasteiger partial charge is 0.220 e. The number of aromatic amines is 1. The Morgan fingerprint density at radius 2 is 1.77 bits per heavy atom. The Morgan fingerprint density at radius 3 is 2.47 bits per heavy atom. The van der Waals surface area contributed by atoms with Crippen molar-refractivity contribution >= 4 is 16.8 Å². The lowest BCUT2D eigenvalue weighted by Crippen LogP contribution is -2.26. The molecule has 3 rings (SSSR count). The van der Waals surface area contributed by atoms with Crippen molar-refractivity contribution in [1.82, 2.24) is 10.3 Å². The van der Waals surface area contributed by atoms with Crippen LogP contribution in [0.4, 0.5) is 0 Å². The van der Waals surface area contributed by atoms with Crippen molar-refractivity contribution in [3.05, 3.63) is 59.8 Å². The van der Waals surface area contributed by atoms with Crippen molar-refractivity contribution in [3.8, 4) is 11.5 Å². The van der Waals surface area contributed by atoms with Gasteiger partial charge in [0, 0.05) is 42.0 Å². The maximum atomic E-state index is 12.8. The van der Waals surface area contributed by atoms with Crippen LogP contribution in [0.25, 0.3) is 10.9 Å². The van der Waals surface area contributed by atoms with Gasteiger partial charge in [0.25, 0.3) is 0 Å². The number of H-pyrrole nitrogens is 1. The van der Waals surface area contributed by atoms with Crippen LogP contribution in [-0.4, -0.2) is 31.7 Å². The fraction of sp³-hybridized carbons (Fsp3) is 0.400. The predicted octanol–water partition coefficient (Wildman–Crippen LogP) is 5.40. The molecule has 2 N–H and O–H groups in total. The first-order valence-corrected chi connectivity index (χ1v) is 10.7. The summed E-state index contributed by atoms with van der Waals surface area (Å²) in [4.78, 5) is 16.2. The van der Waals surface area contributed by atoms with Crippen LogP contribution in [0.15, 0.2) is 48.7 Å². The van der Waals surface area contributed by atoms with Crippen molar-refractivity contribution in [2.75, 3.05) is 20.8 Å². The summed E-state index contributed by atoms with van der Waals surface area (Å²) in [5, 5.41) is 4.22. The quantitative estimate of drug-likeness (QED) is 0.417. The Labute approximate surface area is 178 Å². The van der Waals surface area contributed by atoms with Crippen LogP contribution in [0.1, 0.15) is 56.1 Å². The van der Waals surface area contributed by atoms with Gasteiger partial charge in [-0.1, -0.05) is 44.4 Å². The SMILES string of the molecule is CCCCCCNC(=O)CC(c1cc(OC)cc(OC)c1)c1c[nH]c2ccccc12. The number of hydrogen-bond acceptors (Lipinski definition) is 3. The van der Waals surface area contributed by atoms with E-state index in [0.29, 0.717) is 17.9 Å². The summed E-state index contributed by atoms with van der Waals surface area (Å²) >= 11 is 0. The summed E-state index contributed by atoms with van der Waals surface area (Å²) in [6.45, 7) is 2.91. The molecule has 30 heavy (non-hydrogen) atoms. The highest BCUT2D eigenvalue weighted by Crippen LogP contribution is 2.36. The van der Waals surface area contributed by atoms with Crippen LogP contribution in [-0.2, 0) is 4.79 Å². The zero-order valence-electron chi connectivity index (χ0n) is 18.2. The minimum atomic E-state index is -0.110. The Kier molecular flexibility index (Phi) is 7.77. The zero-order chi connectivity index (χ0) is 21.3. The Bertz CT molecular complexity index is 942. The molecule has 0 saturated heterocycles. The number of aromatic nitrogens is 1. The number of rotatable bonds is 11. The molecule has 1 aromatic heterocycles. The first kappa shape index (κ1) is 21.8. The number of fused-ring (bicyclic) bond motifs is 1. The summed E-state index contributed by atoms with van der Waals surface area (Å²) < 4.78 is 10.9. The number of carbonyl (C=O) groups excluding carboxylic acids is 1. The van der Waals surface area contributed by atoms with E-state index < -0.39 is 0 Å². The molecule has 0 aliphatic rings. The van der Waals surface area contributed by atoms with Crippen molar-refractivity contribution in [2.45, 2.75) is 44.9 Å². The second-order valence-electron chi connectivity index (χ2n) is 7.60. The largest absolute Gasteiger partial charge is 0.497 e. The fourth-order valence-corrected chi connectivity index (χ4v) is 3.86. The number of amides is 1. The summed E-state index contributed by atoms with van der Waals surface area (Å²) in [5.74, 6) is 1.38. The number of nitrogens with one attached hydrogen (secondary N) is 2. The van der Waals surface area contributed by atoms with Gasteiger partial charge in [0.15, 0.2) is 0 Å². The van der Waals surface area contributed by atoms with E-state index >= 15 is 0 Å². The average Bonchev–Trinajstić information content (AvgIpc) is 3.20. The van der Waals surface area contributed by atoms with Gasteiger partial charge in [-0.15, -0.1) is 0 Å². The summed E-state index contributed by atoms with van der Waals surface area (Å²) in [5.41, 5.74) is 3.16. The zero-order valence-corrected chi connectivity index (χ0v) is 18.2. The fourth-order valence-electron chi connectivity index (χ4n) is 3.86. The molecule has 5 nitrogen and oxygen atoms in total. The van der Waals surface area contributed by atoms with Gasteiger partial charge in [-0.05, 0) is 35.7 Å². The first-order chi connectivity index (χ1) is 14.7. The van der Waals surface area contributed by atoms with Gasteiger partial charge in [-0.3, -0.25) is 4.79 Å². The van der Waals surface area contributed by atoms with Gasteiger partial charge in [0.05, 0.1) is 14.2 Å². The molecule has 0 saturated carbocycles. The third-order valence-electron chi connectivity index (χ3n) is 5.51. The monoisotopic (exact) mass is 408 g/mol. The van der Waals surface area contributed by atoms with Crippen molar-refractivity contribution in [1.29, 1.82) is 0 Å². The highest BCUT2D eigenvalue weighted by molar-refractivity contribution is 5.86. The van der Waals surface area contributed by atoms with E-state index in [0.717, 1.165) is 41.4 Å². The maximum absolute atomic E-state index is 12.8. The van der Waals surface area contributed by atoms with Crippen molar-refractivity contribution in [3.63, 3.8) is 0 Å². The highest BCUT2D eigenvalue weighted by Gasteiger charge is 2.22. The molecule has 1 atom stereocenters. The topological polar surface area (TPSA) is 63.4 Å². The second-order valence-corrected chi connectivity index (χ2v) is 7.60. The minimum Gasteiger partial charge on any atom is -0.497 e. The average molecular weight is 409 g/mol. The lowest BCUT2D eigenvalue weighted by atomic mass is 9.87. The van der Waals surface area contributed by atoms with Crippen LogP contribution in [0, 0.1) is 0 Å². The Balaban J connectivity index is 1.89. The molecule has 0 aliphatic heterocycles. The molecular weight excluding hydrogens is 376 g/mol.